The van der Waals surface area contributed by atoms with E-state index in [9.17, 15) is 4.79 Å². The van der Waals surface area contributed by atoms with E-state index in [-0.39, 0.29) is 0 Å². The minimum absolute atomic E-state index is 0.329. The molecule has 0 aliphatic carbocycles. The Morgan fingerprint density at radius 1 is 1.41 bits per heavy atom. The molecule has 0 bridgehead atoms. The molecule has 1 aromatic rings. The van der Waals surface area contributed by atoms with Crippen molar-refractivity contribution in [3.05, 3.63) is 23.8 Å². The van der Waals surface area contributed by atoms with Gasteiger partial charge in [-0.05, 0) is 31.0 Å². The third kappa shape index (κ3) is 3.14. The maximum atomic E-state index is 11.1. The molecular formula is C12H15NO3S. The monoisotopic (exact) mass is 253 g/mol. The molecule has 92 valence electrons. The zero-order valence-corrected chi connectivity index (χ0v) is 10.2. The standard InChI is InChI=1S/C12H15NO3S/c13-8-1-2-10(12(14)15)11(7-8)17-9-3-5-16-6-4-9/h1-2,7,9H,3-6,13H2,(H,14,15). The summed E-state index contributed by atoms with van der Waals surface area (Å²) in [5.74, 6) is -0.903. The molecule has 5 heteroatoms. The molecule has 1 aliphatic rings. The molecule has 0 amide bonds. The summed E-state index contributed by atoms with van der Waals surface area (Å²) in [4.78, 5) is 11.8. The fourth-order valence-corrected chi connectivity index (χ4v) is 3.06. The number of thioether (sulfide) groups is 1. The molecule has 1 saturated heterocycles. The van der Waals surface area contributed by atoms with Crippen LogP contribution in [0.15, 0.2) is 23.1 Å². The number of anilines is 1. The van der Waals surface area contributed by atoms with Gasteiger partial charge in [0.05, 0.1) is 5.56 Å². The van der Waals surface area contributed by atoms with E-state index in [0.717, 1.165) is 31.0 Å². The number of hydrogen-bond acceptors (Lipinski definition) is 4. The van der Waals surface area contributed by atoms with Gasteiger partial charge >= 0.3 is 5.97 Å². The predicted octanol–water partition coefficient (Wildman–Crippen LogP) is 2.24. The number of carboxylic acids is 1. The zero-order chi connectivity index (χ0) is 12.3. The summed E-state index contributed by atoms with van der Waals surface area (Å²) >= 11 is 1.59. The van der Waals surface area contributed by atoms with Gasteiger partial charge in [0, 0.05) is 29.0 Å². The summed E-state index contributed by atoms with van der Waals surface area (Å²) in [6, 6.07) is 4.93. The minimum Gasteiger partial charge on any atom is -0.478 e. The topological polar surface area (TPSA) is 72.6 Å². The van der Waals surface area contributed by atoms with Crippen molar-refractivity contribution in [1.29, 1.82) is 0 Å². The molecule has 17 heavy (non-hydrogen) atoms. The number of nitrogen functional groups attached to an aromatic ring is 1. The summed E-state index contributed by atoms with van der Waals surface area (Å²) in [7, 11) is 0. The van der Waals surface area contributed by atoms with Crippen LogP contribution in [-0.2, 0) is 4.74 Å². The van der Waals surface area contributed by atoms with Gasteiger partial charge in [0.15, 0.2) is 0 Å². The van der Waals surface area contributed by atoms with Gasteiger partial charge in [0.2, 0.25) is 0 Å². The number of aromatic carboxylic acids is 1. The van der Waals surface area contributed by atoms with Crippen molar-refractivity contribution in [2.45, 2.75) is 23.0 Å². The van der Waals surface area contributed by atoms with Crippen molar-refractivity contribution in [2.24, 2.45) is 0 Å². The van der Waals surface area contributed by atoms with E-state index in [1.807, 2.05) is 0 Å². The van der Waals surface area contributed by atoms with Crippen molar-refractivity contribution in [1.82, 2.24) is 0 Å². The molecule has 0 saturated carbocycles. The van der Waals surface area contributed by atoms with E-state index in [4.69, 9.17) is 15.6 Å². The van der Waals surface area contributed by atoms with E-state index in [1.165, 1.54) is 0 Å². The lowest BCUT2D eigenvalue weighted by atomic mass is 10.2. The minimum atomic E-state index is -0.903. The first kappa shape index (κ1) is 12.3. The van der Waals surface area contributed by atoms with Crippen molar-refractivity contribution >= 4 is 23.4 Å². The van der Waals surface area contributed by atoms with Crippen molar-refractivity contribution in [3.8, 4) is 0 Å². The fraction of sp³-hybridized carbons (Fsp3) is 0.417. The quantitative estimate of drug-likeness (QED) is 0.808. The second kappa shape index (κ2) is 5.42. The Hall–Kier alpha value is -1.20. The van der Waals surface area contributed by atoms with Crippen molar-refractivity contribution < 1.29 is 14.6 Å². The lowest BCUT2D eigenvalue weighted by molar-refractivity contribution is 0.0693. The third-order valence-electron chi connectivity index (χ3n) is 2.70. The van der Waals surface area contributed by atoms with Gasteiger partial charge < -0.3 is 15.6 Å². The van der Waals surface area contributed by atoms with Crippen molar-refractivity contribution in [2.75, 3.05) is 18.9 Å². The largest absolute Gasteiger partial charge is 0.478 e. The highest BCUT2D eigenvalue weighted by Gasteiger charge is 2.18. The normalized spacial score (nSPS) is 16.9. The molecule has 1 aliphatic heterocycles. The second-order valence-corrected chi connectivity index (χ2v) is 5.33. The Bertz CT molecular complexity index is 416. The molecule has 0 spiro atoms. The predicted molar refractivity (Wildman–Crippen MR) is 67.5 cm³/mol. The maximum absolute atomic E-state index is 11.1. The average Bonchev–Trinajstić information content (AvgIpc) is 2.30. The number of ether oxygens (including phenoxy) is 1. The first-order valence-corrected chi connectivity index (χ1v) is 6.42. The van der Waals surface area contributed by atoms with Gasteiger partial charge in [-0.2, -0.15) is 0 Å². The molecule has 0 radical (unpaired) electrons. The molecule has 0 unspecified atom stereocenters. The van der Waals surface area contributed by atoms with Gasteiger partial charge in [-0.25, -0.2) is 4.79 Å². The Labute approximate surface area is 104 Å². The zero-order valence-electron chi connectivity index (χ0n) is 9.39. The number of benzene rings is 1. The Morgan fingerprint density at radius 3 is 2.76 bits per heavy atom. The summed E-state index contributed by atoms with van der Waals surface area (Å²) in [6.07, 6.45) is 1.91. The maximum Gasteiger partial charge on any atom is 0.336 e. The van der Waals surface area contributed by atoms with Crippen LogP contribution in [0.2, 0.25) is 0 Å². The molecule has 1 fully saturated rings. The van der Waals surface area contributed by atoms with Crippen LogP contribution in [-0.4, -0.2) is 29.5 Å². The molecule has 0 atom stereocenters. The lowest BCUT2D eigenvalue weighted by Crippen LogP contribution is -2.17. The number of hydrogen-bond donors (Lipinski definition) is 2. The number of rotatable bonds is 3. The number of carboxylic acid groups (broad SMARTS) is 1. The molecular weight excluding hydrogens is 238 g/mol. The van der Waals surface area contributed by atoms with Crippen LogP contribution >= 0.6 is 11.8 Å². The van der Waals surface area contributed by atoms with E-state index in [0.29, 0.717) is 16.5 Å². The van der Waals surface area contributed by atoms with E-state index >= 15 is 0 Å². The molecule has 1 heterocycles. The first-order chi connectivity index (χ1) is 8.16. The van der Waals surface area contributed by atoms with Gasteiger partial charge in [-0.3, -0.25) is 0 Å². The second-order valence-electron chi connectivity index (χ2n) is 3.99. The molecule has 2 rings (SSSR count). The fourth-order valence-electron chi connectivity index (χ4n) is 1.79. The van der Waals surface area contributed by atoms with Crippen LogP contribution in [0.4, 0.5) is 5.69 Å². The van der Waals surface area contributed by atoms with E-state index in [2.05, 4.69) is 0 Å². The summed E-state index contributed by atoms with van der Waals surface area (Å²) < 4.78 is 5.28. The lowest BCUT2D eigenvalue weighted by Gasteiger charge is -2.22. The molecule has 4 nitrogen and oxygen atoms in total. The van der Waals surface area contributed by atoms with Gasteiger partial charge in [-0.15, -0.1) is 11.8 Å². The highest BCUT2D eigenvalue weighted by atomic mass is 32.2. The summed E-state index contributed by atoms with van der Waals surface area (Å²) in [5.41, 5.74) is 6.63. The highest BCUT2D eigenvalue weighted by molar-refractivity contribution is 8.00. The number of nitrogens with two attached hydrogens (primary N) is 1. The van der Waals surface area contributed by atoms with Crippen LogP contribution in [0, 0.1) is 0 Å². The summed E-state index contributed by atoms with van der Waals surface area (Å²) in [6.45, 7) is 1.50. The van der Waals surface area contributed by atoms with Crippen LogP contribution < -0.4 is 5.73 Å². The van der Waals surface area contributed by atoms with E-state index in [1.54, 1.807) is 30.0 Å². The highest BCUT2D eigenvalue weighted by Crippen LogP contribution is 2.33. The molecule has 1 aromatic carbocycles. The Balaban J connectivity index is 2.17. The van der Waals surface area contributed by atoms with Crippen LogP contribution in [0.25, 0.3) is 0 Å². The Kier molecular flexibility index (Phi) is 3.91. The smallest absolute Gasteiger partial charge is 0.336 e. The molecule has 0 aromatic heterocycles. The molecule has 3 N–H and O–H groups in total. The van der Waals surface area contributed by atoms with Gasteiger partial charge in [-0.1, -0.05) is 0 Å². The SMILES string of the molecule is Nc1ccc(C(=O)O)c(SC2CCOCC2)c1. The third-order valence-corrected chi connectivity index (χ3v) is 4.09. The van der Waals surface area contributed by atoms with Gasteiger partial charge in [0.1, 0.15) is 0 Å². The number of carbonyl (C=O) groups is 1. The van der Waals surface area contributed by atoms with Crippen molar-refractivity contribution in [3.63, 3.8) is 0 Å². The van der Waals surface area contributed by atoms with E-state index < -0.39 is 5.97 Å². The van der Waals surface area contributed by atoms with Crippen LogP contribution in [0.3, 0.4) is 0 Å². The summed E-state index contributed by atoms with van der Waals surface area (Å²) in [5, 5.41) is 9.53. The Morgan fingerprint density at radius 2 is 2.12 bits per heavy atom. The average molecular weight is 253 g/mol. The van der Waals surface area contributed by atoms with Gasteiger partial charge in [0.25, 0.3) is 0 Å². The van der Waals surface area contributed by atoms with Crippen LogP contribution in [0.1, 0.15) is 23.2 Å². The first-order valence-electron chi connectivity index (χ1n) is 5.54. The van der Waals surface area contributed by atoms with Crippen LogP contribution in [0.5, 0.6) is 0 Å².